The number of aromatic nitrogens is 1. The minimum Gasteiger partial charge on any atom is -0.477 e. The third kappa shape index (κ3) is 2.41. The van der Waals surface area contributed by atoms with Crippen molar-refractivity contribution in [2.24, 2.45) is 0 Å². The van der Waals surface area contributed by atoms with Gasteiger partial charge >= 0.3 is 5.97 Å². The summed E-state index contributed by atoms with van der Waals surface area (Å²) in [4.78, 5) is 15.5. The first-order valence-corrected chi connectivity index (χ1v) is 6.11. The molecule has 1 aromatic heterocycles. The van der Waals surface area contributed by atoms with Gasteiger partial charge in [0.25, 0.3) is 0 Å². The summed E-state index contributed by atoms with van der Waals surface area (Å²) in [5.41, 5.74) is 0.0876. The molecule has 1 aromatic rings. The van der Waals surface area contributed by atoms with Gasteiger partial charge < -0.3 is 9.84 Å². The van der Waals surface area contributed by atoms with Crippen molar-refractivity contribution in [3.8, 4) is 0 Å². The summed E-state index contributed by atoms with van der Waals surface area (Å²) in [6.07, 6.45) is 0.771. The van der Waals surface area contributed by atoms with Crippen LogP contribution in [0.25, 0.3) is 0 Å². The van der Waals surface area contributed by atoms with Crippen LogP contribution in [0.5, 0.6) is 0 Å². The van der Waals surface area contributed by atoms with Gasteiger partial charge in [-0.3, -0.25) is 0 Å². The molecule has 1 rings (SSSR count). The van der Waals surface area contributed by atoms with Crippen molar-refractivity contribution in [1.82, 2.24) is 4.98 Å². The molecule has 4 nitrogen and oxygen atoms in total. The van der Waals surface area contributed by atoms with E-state index in [4.69, 9.17) is 9.84 Å². The lowest BCUT2D eigenvalue weighted by Gasteiger charge is -2.25. The standard InChI is InChI=1S/C11H17NO3S/c1-5-11(4,15-6-2)10-12-7(3)8(16-10)9(13)14/h5-6H2,1-4H3,(H,13,14). The van der Waals surface area contributed by atoms with E-state index in [1.165, 1.54) is 11.3 Å². The zero-order valence-electron chi connectivity index (χ0n) is 10.0. The van der Waals surface area contributed by atoms with Gasteiger partial charge in [0.05, 0.1) is 5.69 Å². The first kappa shape index (κ1) is 13.1. The smallest absolute Gasteiger partial charge is 0.347 e. The Morgan fingerprint density at radius 3 is 2.56 bits per heavy atom. The van der Waals surface area contributed by atoms with Crippen LogP contribution < -0.4 is 0 Å². The number of rotatable bonds is 5. The van der Waals surface area contributed by atoms with Crippen molar-refractivity contribution in [3.63, 3.8) is 0 Å². The number of aromatic carboxylic acids is 1. The van der Waals surface area contributed by atoms with Crippen molar-refractivity contribution < 1.29 is 14.6 Å². The SMILES string of the molecule is CCOC(C)(CC)c1nc(C)c(C(=O)O)s1. The Bertz CT molecular complexity index is 389. The van der Waals surface area contributed by atoms with Gasteiger partial charge in [0.1, 0.15) is 15.5 Å². The third-order valence-electron chi connectivity index (χ3n) is 2.58. The highest BCUT2D eigenvalue weighted by atomic mass is 32.1. The summed E-state index contributed by atoms with van der Waals surface area (Å²) < 4.78 is 5.67. The van der Waals surface area contributed by atoms with Gasteiger partial charge in [-0.25, -0.2) is 9.78 Å². The molecule has 0 aromatic carbocycles. The quantitative estimate of drug-likeness (QED) is 0.863. The molecular formula is C11H17NO3S. The maximum Gasteiger partial charge on any atom is 0.347 e. The molecule has 1 N–H and O–H groups in total. The molecule has 0 aliphatic carbocycles. The molecule has 0 spiro atoms. The molecule has 0 aliphatic rings. The number of carboxylic acids is 1. The summed E-state index contributed by atoms with van der Waals surface area (Å²) in [7, 11) is 0. The van der Waals surface area contributed by atoms with Crippen LogP contribution in [0.1, 0.15) is 47.6 Å². The van der Waals surface area contributed by atoms with Gasteiger partial charge in [0.15, 0.2) is 0 Å². The van der Waals surface area contributed by atoms with Crippen LogP contribution in [0.15, 0.2) is 0 Å². The molecule has 0 radical (unpaired) electrons. The van der Waals surface area contributed by atoms with Crippen LogP contribution in [0.2, 0.25) is 0 Å². The van der Waals surface area contributed by atoms with Crippen molar-refractivity contribution in [1.29, 1.82) is 0 Å². The molecule has 1 atom stereocenters. The topological polar surface area (TPSA) is 59.4 Å². The van der Waals surface area contributed by atoms with Crippen LogP contribution in [0.4, 0.5) is 0 Å². The van der Waals surface area contributed by atoms with E-state index < -0.39 is 11.6 Å². The average Bonchev–Trinajstić information content (AvgIpc) is 2.61. The summed E-state index contributed by atoms with van der Waals surface area (Å²) in [5, 5.41) is 9.72. The maximum atomic E-state index is 10.9. The highest BCUT2D eigenvalue weighted by Crippen LogP contribution is 2.33. The molecule has 5 heteroatoms. The summed E-state index contributed by atoms with van der Waals surface area (Å²) >= 11 is 1.20. The number of carbonyl (C=O) groups is 1. The van der Waals surface area contributed by atoms with Crippen molar-refractivity contribution in [3.05, 3.63) is 15.6 Å². The number of aryl methyl sites for hydroxylation is 1. The fraction of sp³-hybridized carbons (Fsp3) is 0.636. The lowest BCUT2D eigenvalue weighted by Crippen LogP contribution is -2.24. The summed E-state index contributed by atoms with van der Waals surface area (Å²) in [5.74, 6) is -0.920. The minimum absolute atomic E-state index is 0.300. The van der Waals surface area contributed by atoms with E-state index in [-0.39, 0.29) is 0 Å². The second-order valence-electron chi connectivity index (χ2n) is 3.76. The third-order valence-corrected chi connectivity index (χ3v) is 3.97. The lowest BCUT2D eigenvalue weighted by molar-refractivity contribution is -0.0325. The van der Waals surface area contributed by atoms with Crippen molar-refractivity contribution in [2.75, 3.05) is 6.61 Å². The van der Waals surface area contributed by atoms with Gasteiger partial charge in [-0.15, -0.1) is 11.3 Å². The Hall–Kier alpha value is -0.940. The molecule has 0 fully saturated rings. The predicted molar refractivity (Wildman–Crippen MR) is 63.1 cm³/mol. The first-order chi connectivity index (χ1) is 7.44. The Morgan fingerprint density at radius 1 is 1.56 bits per heavy atom. The predicted octanol–water partition coefficient (Wildman–Crippen LogP) is 2.81. The minimum atomic E-state index is -0.920. The number of hydrogen-bond donors (Lipinski definition) is 1. The van der Waals surface area contributed by atoms with E-state index in [2.05, 4.69) is 4.98 Å². The average molecular weight is 243 g/mol. The largest absolute Gasteiger partial charge is 0.477 e. The van der Waals surface area contributed by atoms with Crippen LogP contribution in [0, 0.1) is 6.92 Å². The van der Waals surface area contributed by atoms with Gasteiger partial charge in [-0.05, 0) is 27.2 Å². The number of nitrogens with zero attached hydrogens (tertiary/aromatic N) is 1. The van der Waals surface area contributed by atoms with Crippen molar-refractivity contribution >= 4 is 17.3 Å². The molecule has 0 aliphatic heterocycles. The highest BCUT2D eigenvalue weighted by molar-refractivity contribution is 7.13. The zero-order chi connectivity index (χ0) is 12.3. The second-order valence-corrected chi connectivity index (χ2v) is 4.76. The number of thiazole rings is 1. The lowest BCUT2D eigenvalue weighted by atomic mass is 10.0. The number of ether oxygens (including phenoxy) is 1. The molecule has 90 valence electrons. The van der Waals surface area contributed by atoms with E-state index in [0.29, 0.717) is 17.2 Å². The Morgan fingerprint density at radius 2 is 2.19 bits per heavy atom. The van der Waals surface area contributed by atoms with E-state index in [1.54, 1.807) is 6.92 Å². The van der Waals surface area contributed by atoms with Crippen LogP contribution in [-0.2, 0) is 10.3 Å². The molecule has 1 unspecified atom stereocenters. The summed E-state index contributed by atoms with van der Waals surface area (Å²) in [6, 6.07) is 0. The fourth-order valence-electron chi connectivity index (χ4n) is 1.45. The van der Waals surface area contributed by atoms with E-state index in [0.717, 1.165) is 11.4 Å². The Labute approximate surface area is 99.3 Å². The summed E-state index contributed by atoms with van der Waals surface area (Å²) in [6.45, 7) is 8.18. The van der Waals surface area contributed by atoms with Crippen LogP contribution in [0.3, 0.4) is 0 Å². The van der Waals surface area contributed by atoms with Crippen LogP contribution >= 0.6 is 11.3 Å². The van der Waals surface area contributed by atoms with Gasteiger partial charge in [0.2, 0.25) is 0 Å². The molecule has 0 saturated heterocycles. The molecule has 0 saturated carbocycles. The van der Waals surface area contributed by atoms with E-state index >= 15 is 0 Å². The molecular weight excluding hydrogens is 226 g/mol. The normalized spacial score (nSPS) is 14.8. The van der Waals surface area contributed by atoms with Crippen molar-refractivity contribution in [2.45, 2.75) is 39.7 Å². The van der Waals surface area contributed by atoms with E-state index in [9.17, 15) is 4.79 Å². The molecule has 1 heterocycles. The number of carboxylic acid groups (broad SMARTS) is 1. The monoisotopic (exact) mass is 243 g/mol. The first-order valence-electron chi connectivity index (χ1n) is 5.29. The number of hydrogen-bond acceptors (Lipinski definition) is 4. The van der Waals surface area contributed by atoms with Gasteiger partial charge in [-0.2, -0.15) is 0 Å². The van der Waals surface area contributed by atoms with Gasteiger partial charge in [-0.1, -0.05) is 6.92 Å². The Balaban J connectivity index is 3.12. The molecule has 0 amide bonds. The molecule has 0 bridgehead atoms. The van der Waals surface area contributed by atoms with E-state index in [1.807, 2.05) is 20.8 Å². The fourth-order valence-corrected chi connectivity index (χ4v) is 2.53. The van der Waals surface area contributed by atoms with Gasteiger partial charge in [0, 0.05) is 6.61 Å². The highest BCUT2D eigenvalue weighted by Gasteiger charge is 2.30. The Kier molecular flexibility index (Phi) is 4.04. The molecule has 16 heavy (non-hydrogen) atoms. The zero-order valence-corrected chi connectivity index (χ0v) is 10.8. The van der Waals surface area contributed by atoms with Crippen LogP contribution in [-0.4, -0.2) is 22.7 Å². The maximum absolute atomic E-state index is 10.9. The second kappa shape index (κ2) is 4.93.